The van der Waals surface area contributed by atoms with Gasteiger partial charge in [0.25, 0.3) is 0 Å². The normalized spacial score (nSPS) is 14.1. The first-order chi connectivity index (χ1) is 23.6. The molecule has 0 aliphatic carbocycles. The number of aromatic nitrogens is 1. The van der Waals surface area contributed by atoms with Gasteiger partial charge in [0.05, 0.1) is 33.9 Å². The predicted molar refractivity (Wildman–Crippen MR) is 191 cm³/mol. The maximum Gasteiger partial charge on any atom is 0.343 e. The second-order valence-electron chi connectivity index (χ2n) is 11.6. The zero-order valence-electron chi connectivity index (χ0n) is 26.1. The summed E-state index contributed by atoms with van der Waals surface area (Å²) in [5.41, 5.74) is 3.32. The molecular formula is C39H31NO6S2. The summed E-state index contributed by atoms with van der Waals surface area (Å²) in [4.78, 5) is 19.7. The smallest absolute Gasteiger partial charge is 0.343 e. The van der Waals surface area contributed by atoms with Crippen LogP contribution in [-0.2, 0) is 16.1 Å². The van der Waals surface area contributed by atoms with Crippen molar-refractivity contribution in [2.24, 2.45) is 0 Å². The molecule has 0 amide bonds. The fourth-order valence-corrected chi connectivity index (χ4v) is 7.59. The van der Waals surface area contributed by atoms with Gasteiger partial charge in [0.15, 0.2) is 12.0 Å². The van der Waals surface area contributed by atoms with Crippen LogP contribution in [0, 0.1) is 6.92 Å². The number of hydrogen-bond donors (Lipinski definition) is 0. The van der Waals surface area contributed by atoms with E-state index < -0.39 is 5.97 Å². The van der Waals surface area contributed by atoms with E-state index in [-0.39, 0.29) is 6.29 Å². The number of fused-ring (bicyclic) bond motifs is 3. The third-order valence-electron chi connectivity index (χ3n) is 8.06. The zero-order valence-corrected chi connectivity index (χ0v) is 27.8. The molecule has 9 heteroatoms. The molecule has 5 aromatic carbocycles. The van der Waals surface area contributed by atoms with E-state index in [0.717, 1.165) is 54.4 Å². The zero-order chi connectivity index (χ0) is 32.5. The minimum Gasteiger partial charge on any atom is -0.493 e. The molecule has 1 saturated heterocycles. The first kappa shape index (κ1) is 30.5. The number of nitrogens with zero attached hydrogens (tertiary/aromatic N) is 1. The topological polar surface area (TPSA) is 79.4 Å². The number of esters is 1. The number of thiazole rings is 1. The van der Waals surface area contributed by atoms with Gasteiger partial charge in [-0.2, -0.15) is 0 Å². The number of thiophene rings is 1. The number of hydrogen-bond acceptors (Lipinski definition) is 9. The van der Waals surface area contributed by atoms with E-state index in [1.54, 1.807) is 17.4 Å². The lowest BCUT2D eigenvalue weighted by molar-refractivity contribution is 0.0435. The van der Waals surface area contributed by atoms with Crippen molar-refractivity contribution in [3.05, 3.63) is 120 Å². The van der Waals surface area contributed by atoms with Crippen LogP contribution in [0.4, 0.5) is 0 Å². The molecule has 3 heterocycles. The largest absolute Gasteiger partial charge is 0.493 e. The van der Waals surface area contributed by atoms with E-state index in [9.17, 15) is 4.79 Å². The second kappa shape index (κ2) is 13.4. The van der Waals surface area contributed by atoms with Crippen molar-refractivity contribution in [1.82, 2.24) is 4.98 Å². The lowest BCUT2D eigenvalue weighted by Gasteiger charge is -2.10. The Labute approximate surface area is 285 Å². The lowest BCUT2D eigenvalue weighted by Crippen LogP contribution is -2.09. The minimum atomic E-state index is -0.432. The molecule has 1 aliphatic heterocycles. The quantitative estimate of drug-likeness (QED) is 0.0553. The highest BCUT2D eigenvalue weighted by Gasteiger charge is 2.22. The SMILES string of the molecule is Cc1ccc(OCc2ccc(OC(=O)c3ccc4cc(OCCCOC5CO5)ccc4c3)c3sc(-c4cc5ccccc5s4)nc23)cc1. The van der Waals surface area contributed by atoms with Gasteiger partial charge in [0, 0.05) is 16.7 Å². The van der Waals surface area contributed by atoms with Gasteiger partial charge in [-0.05, 0) is 83.7 Å². The highest BCUT2D eigenvalue weighted by atomic mass is 32.1. The van der Waals surface area contributed by atoms with Gasteiger partial charge in [-0.3, -0.25) is 0 Å². The molecule has 1 atom stereocenters. The fourth-order valence-electron chi connectivity index (χ4n) is 5.42. The Kier molecular flexibility index (Phi) is 8.50. The van der Waals surface area contributed by atoms with E-state index in [0.29, 0.717) is 37.7 Å². The van der Waals surface area contributed by atoms with Crippen molar-refractivity contribution < 1.29 is 28.5 Å². The van der Waals surface area contributed by atoms with Crippen LogP contribution in [0.15, 0.2) is 103 Å². The van der Waals surface area contributed by atoms with E-state index >= 15 is 0 Å². The summed E-state index contributed by atoms with van der Waals surface area (Å²) in [6.45, 7) is 4.22. The molecule has 1 fully saturated rings. The third-order valence-corrected chi connectivity index (χ3v) is 10.4. The van der Waals surface area contributed by atoms with Crippen molar-refractivity contribution >= 4 is 59.7 Å². The Morgan fingerprint density at radius 2 is 1.65 bits per heavy atom. The van der Waals surface area contributed by atoms with E-state index in [4.69, 9.17) is 28.7 Å². The molecule has 0 saturated carbocycles. The molecule has 7 aromatic rings. The summed E-state index contributed by atoms with van der Waals surface area (Å²) >= 11 is 3.22. The highest BCUT2D eigenvalue weighted by molar-refractivity contribution is 7.28. The number of benzene rings is 5. The number of rotatable bonds is 12. The van der Waals surface area contributed by atoms with Gasteiger partial charge in [-0.15, -0.1) is 22.7 Å². The number of aryl methyl sites for hydroxylation is 1. The average Bonchev–Trinajstić information content (AvgIpc) is 3.64. The van der Waals surface area contributed by atoms with Crippen LogP contribution in [0.1, 0.15) is 27.9 Å². The van der Waals surface area contributed by atoms with Gasteiger partial charge < -0.3 is 23.7 Å². The van der Waals surface area contributed by atoms with Crippen molar-refractivity contribution in [3.63, 3.8) is 0 Å². The summed E-state index contributed by atoms with van der Waals surface area (Å²) in [5.74, 6) is 1.60. The van der Waals surface area contributed by atoms with Crippen LogP contribution in [0.2, 0.25) is 0 Å². The van der Waals surface area contributed by atoms with Crippen LogP contribution < -0.4 is 14.2 Å². The second-order valence-corrected chi connectivity index (χ2v) is 13.7. The summed E-state index contributed by atoms with van der Waals surface area (Å²) in [7, 11) is 0. The maximum atomic E-state index is 13.5. The monoisotopic (exact) mass is 673 g/mol. The van der Waals surface area contributed by atoms with Crippen molar-refractivity contribution in [2.75, 3.05) is 19.8 Å². The number of carbonyl (C=O) groups excluding carboxylic acids is 1. The van der Waals surface area contributed by atoms with Gasteiger partial charge in [-0.25, -0.2) is 9.78 Å². The number of ether oxygens (including phenoxy) is 5. The first-order valence-corrected chi connectivity index (χ1v) is 17.4. The van der Waals surface area contributed by atoms with E-state index in [1.165, 1.54) is 27.0 Å². The molecule has 240 valence electrons. The van der Waals surface area contributed by atoms with Crippen LogP contribution in [0.3, 0.4) is 0 Å². The van der Waals surface area contributed by atoms with Crippen molar-refractivity contribution in [2.45, 2.75) is 26.2 Å². The van der Waals surface area contributed by atoms with Crippen LogP contribution >= 0.6 is 22.7 Å². The molecule has 0 radical (unpaired) electrons. The molecule has 48 heavy (non-hydrogen) atoms. The highest BCUT2D eigenvalue weighted by Crippen LogP contribution is 2.42. The first-order valence-electron chi connectivity index (χ1n) is 15.8. The van der Waals surface area contributed by atoms with Crippen molar-refractivity contribution in [3.8, 4) is 27.1 Å². The predicted octanol–water partition coefficient (Wildman–Crippen LogP) is 9.58. The molecule has 8 rings (SSSR count). The Balaban J connectivity index is 1.04. The molecular weight excluding hydrogens is 643 g/mol. The van der Waals surface area contributed by atoms with Crippen LogP contribution in [0.25, 0.3) is 41.0 Å². The summed E-state index contributed by atoms with van der Waals surface area (Å²) in [6, 6.07) is 33.6. The van der Waals surface area contributed by atoms with Crippen LogP contribution in [-0.4, -0.2) is 37.1 Å². The standard InChI is InChI=1S/C39H31NO6S2/c1-24-7-13-30(14-8-24)44-22-29-12-16-32(37-36(29)40-38(48-37)34-21-27-5-2-3-6-33(27)47-34)46-39(41)28-10-9-26-20-31(15-11-25(26)19-28)42-17-4-18-43-35-23-45-35/h2-3,5-16,19-21,35H,4,17-18,22-23H2,1H3. The summed E-state index contributed by atoms with van der Waals surface area (Å²) in [5, 5.41) is 3.95. The molecule has 7 nitrogen and oxygen atoms in total. The average molecular weight is 674 g/mol. The number of carbonyl (C=O) groups is 1. The molecule has 1 unspecified atom stereocenters. The summed E-state index contributed by atoms with van der Waals surface area (Å²) < 4.78 is 30.6. The van der Waals surface area contributed by atoms with Gasteiger partial charge in [0.1, 0.15) is 29.7 Å². The molecule has 1 aliphatic rings. The van der Waals surface area contributed by atoms with Crippen LogP contribution in [0.5, 0.6) is 17.2 Å². The van der Waals surface area contributed by atoms with E-state index in [1.807, 2.05) is 85.8 Å². The fraction of sp³-hybridized carbons (Fsp3) is 0.179. The molecule has 0 spiro atoms. The summed E-state index contributed by atoms with van der Waals surface area (Å²) in [6.07, 6.45) is 0.745. The Morgan fingerprint density at radius 3 is 2.50 bits per heavy atom. The van der Waals surface area contributed by atoms with Crippen molar-refractivity contribution in [1.29, 1.82) is 0 Å². The minimum absolute atomic E-state index is 0.0347. The third kappa shape index (κ3) is 6.77. The molecule has 0 N–H and O–H groups in total. The maximum absolute atomic E-state index is 13.5. The Bertz CT molecular complexity index is 2220. The number of epoxide rings is 1. The molecule has 0 bridgehead atoms. The van der Waals surface area contributed by atoms with Gasteiger partial charge in [0.2, 0.25) is 0 Å². The Morgan fingerprint density at radius 1 is 0.833 bits per heavy atom. The Hall–Kier alpha value is -4.80. The van der Waals surface area contributed by atoms with Gasteiger partial charge >= 0.3 is 5.97 Å². The molecule has 2 aromatic heterocycles. The van der Waals surface area contributed by atoms with E-state index in [2.05, 4.69) is 18.2 Å². The lowest BCUT2D eigenvalue weighted by atomic mass is 10.1. The van der Waals surface area contributed by atoms with Gasteiger partial charge in [-0.1, -0.05) is 48.0 Å².